The minimum Gasteiger partial charge on any atom is -0.473 e. The topological polar surface area (TPSA) is 132 Å². The highest BCUT2D eigenvalue weighted by atomic mass is 32.2. The molecule has 2 aliphatic heterocycles. The first-order chi connectivity index (χ1) is 16.5. The van der Waals surface area contributed by atoms with Gasteiger partial charge in [0.2, 0.25) is 17.8 Å². The van der Waals surface area contributed by atoms with E-state index in [-0.39, 0.29) is 6.10 Å². The molecule has 12 heteroatoms. The van der Waals surface area contributed by atoms with Crippen molar-refractivity contribution in [1.82, 2.24) is 24.2 Å². The van der Waals surface area contributed by atoms with Crippen LogP contribution in [0.25, 0.3) is 11.3 Å². The molecule has 0 aromatic carbocycles. The van der Waals surface area contributed by atoms with Gasteiger partial charge in [-0.1, -0.05) is 13.3 Å². The van der Waals surface area contributed by atoms with Gasteiger partial charge in [0.1, 0.15) is 11.9 Å². The van der Waals surface area contributed by atoms with E-state index in [4.69, 9.17) is 25.2 Å². The minimum atomic E-state index is -1.02. The van der Waals surface area contributed by atoms with Crippen molar-refractivity contribution in [2.45, 2.75) is 38.7 Å². The molecule has 0 amide bonds. The number of piperidine rings is 1. The van der Waals surface area contributed by atoms with E-state index in [1.54, 1.807) is 18.5 Å². The third-order valence-corrected chi connectivity index (χ3v) is 6.94. The second-order valence-electron chi connectivity index (χ2n) is 8.46. The summed E-state index contributed by atoms with van der Waals surface area (Å²) in [5, 5.41) is 3.20. The van der Waals surface area contributed by atoms with Gasteiger partial charge in [-0.3, -0.25) is 0 Å². The van der Waals surface area contributed by atoms with Crippen molar-refractivity contribution in [3.05, 3.63) is 12.3 Å². The molecule has 2 aromatic rings. The van der Waals surface area contributed by atoms with Gasteiger partial charge < -0.3 is 25.4 Å². The predicted molar refractivity (Wildman–Crippen MR) is 133 cm³/mol. The van der Waals surface area contributed by atoms with Crippen LogP contribution in [-0.2, 0) is 15.7 Å². The van der Waals surface area contributed by atoms with Crippen molar-refractivity contribution >= 4 is 28.7 Å². The number of aromatic nitrogens is 4. The summed E-state index contributed by atoms with van der Waals surface area (Å²) in [5.74, 6) is 1.87. The molecule has 3 N–H and O–H groups in total. The largest absolute Gasteiger partial charge is 0.473 e. The van der Waals surface area contributed by atoms with E-state index in [1.165, 1.54) is 0 Å². The van der Waals surface area contributed by atoms with Gasteiger partial charge in [0.15, 0.2) is 0 Å². The third kappa shape index (κ3) is 6.30. The lowest BCUT2D eigenvalue weighted by Crippen LogP contribution is -2.42. The number of morpholine rings is 1. The fourth-order valence-corrected chi connectivity index (χ4v) is 4.74. The standard InChI is InChI=1S/C22H34N8O3S/c1-3-4-7-24-21-25-14-17(20(23)28-21)18-13-19(27-22(26-18)29-9-11-32-12-10-29)33-16-6-5-8-30(15-16)34(2)31/h13-14,16H,3-12,15H2,1-2H3,(H3,23,24,25,28). The number of nitrogens with one attached hydrogen (secondary N) is 1. The van der Waals surface area contributed by atoms with Crippen LogP contribution in [0.5, 0.6) is 5.88 Å². The molecule has 4 rings (SSSR count). The molecule has 11 nitrogen and oxygen atoms in total. The Kier molecular flexibility index (Phi) is 8.46. The van der Waals surface area contributed by atoms with Crippen LogP contribution in [0.2, 0.25) is 0 Å². The molecular formula is C22H34N8O3S. The number of ether oxygens (including phenoxy) is 2. The van der Waals surface area contributed by atoms with Gasteiger partial charge >= 0.3 is 0 Å². The van der Waals surface area contributed by atoms with Gasteiger partial charge in [0.05, 0.1) is 35.5 Å². The van der Waals surface area contributed by atoms with E-state index in [0.717, 1.165) is 38.8 Å². The van der Waals surface area contributed by atoms with Gasteiger partial charge in [-0.15, -0.1) is 0 Å². The Bertz CT molecular complexity index is 989. The van der Waals surface area contributed by atoms with Gasteiger partial charge in [-0.05, 0) is 19.3 Å². The van der Waals surface area contributed by atoms with E-state index >= 15 is 0 Å². The molecule has 0 aliphatic carbocycles. The van der Waals surface area contributed by atoms with Crippen LogP contribution in [0.15, 0.2) is 12.3 Å². The fourth-order valence-electron chi connectivity index (χ4n) is 3.98. The Morgan fingerprint density at radius 3 is 2.82 bits per heavy atom. The van der Waals surface area contributed by atoms with Gasteiger partial charge in [0.25, 0.3) is 0 Å². The maximum atomic E-state index is 11.9. The first kappa shape index (κ1) is 24.6. The van der Waals surface area contributed by atoms with Crippen molar-refractivity contribution < 1.29 is 13.7 Å². The molecule has 0 saturated carbocycles. The van der Waals surface area contributed by atoms with Crippen LogP contribution in [0.1, 0.15) is 32.6 Å². The number of rotatable bonds is 9. The summed E-state index contributed by atoms with van der Waals surface area (Å²) in [7, 11) is -1.02. The quantitative estimate of drug-likeness (QED) is 0.501. The van der Waals surface area contributed by atoms with Gasteiger partial charge in [-0.25, -0.2) is 18.5 Å². The first-order valence-corrected chi connectivity index (χ1v) is 13.4. The number of nitrogens with two attached hydrogens (primary N) is 1. The number of hydrogen-bond donors (Lipinski definition) is 2. The highest BCUT2D eigenvalue weighted by molar-refractivity contribution is 7.81. The van der Waals surface area contributed by atoms with Crippen LogP contribution in [-0.4, -0.2) is 86.7 Å². The number of hydrogen-bond acceptors (Lipinski definition) is 10. The molecule has 0 bridgehead atoms. The minimum absolute atomic E-state index is 0.100. The lowest BCUT2D eigenvalue weighted by molar-refractivity contribution is 0.120. The predicted octanol–water partition coefficient (Wildman–Crippen LogP) is 1.70. The van der Waals surface area contributed by atoms with Crippen LogP contribution in [0.3, 0.4) is 0 Å². The normalized spacial score (nSPS) is 20.2. The van der Waals surface area contributed by atoms with E-state index in [1.807, 2.05) is 4.31 Å². The first-order valence-electron chi connectivity index (χ1n) is 11.9. The van der Waals surface area contributed by atoms with Crippen molar-refractivity contribution in [3.63, 3.8) is 0 Å². The Labute approximate surface area is 203 Å². The lowest BCUT2D eigenvalue weighted by atomic mass is 10.1. The zero-order valence-corrected chi connectivity index (χ0v) is 20.7. The van der Waals surface area contributed by atoms with E-state index < -0.39 is 11.0 Å². The molecule has 2 aliphatic rings. The molecule has 4 heterocycles. The highest BCUT2D eigenvalue weighted by Gasteiger charge is 2.25. The highest BCUT2D eigenvalue weighted by Crippen LogP contribution is 2.29. The average Bonchev–Trinajstić information content (AvgIpc) is 2.85. The Morgan fingerprint density at radius 2 is 2.09 bits per heavy atom. The summed E-state index contributed by atoms with van der Waals surface area (Å²) in [6.45, 7) is 6.96. The SMILES string of the molecule is CCCCNc1ncc(-c2cc(OC3CCCN(S(C)=O)C3)nc(N3CCOCC3)n2)c(N)n1. The van der Waals surface area contributed by atoms with Crippen molar-refractivity contribution in [2.24, 2.45) is 0 Å². The Balaban J connectivity index is 1.60. The summed E-state index contributed by atoms with van der Waals surface area (Å²) in [5.41, 5.74) is 7.54. The summed E-state index contributed by atoms with van der Waals surface area (Å²) in [4.78, 5) is 20.4. The molecule has 2 saturated heterocycles. The third-order valence-electron chi connectivity index (χ3n) is 5.88. The molecule has 34 heavy (non-hydrogen) atoms. The summed E-state index contributed by atoms with van der Waals surface area (Å²) in [6, 6.07) is 1.78. The van der Waals surface area contributed by atoms with Crippen molar-refractivity contribution in [2.75, 3.05) is 68.1 Å². The zero-order valence-electron chi connectivity index (χ0n) is 19.9. The Morgan fingerprint density at radius 1 is 1.26 bits per heavy atom. The smallest absolute Gasteiger partial charge is 0.229 e. The molecule has 0 spiro atoms. The van der Waals surface area contributed by atoms with Gasteiger partial charge in [0, 0.05) is 51.2 Å². The molecule has 2 unspecified atom stereocenters. The van der Waals surface area contributed by atoms with E-state index in [0.29, 0.717) is 67.7 Å². The van der Waals surface area contributed by atoms with Crippen molar-refractivity contribution in [1.29, 1.82) is 0 Å². The maximum absolute atomic E-state index is 11.9. The molecule has 186 valence electrons. The van der Waals surface area contributed by atoms with Crippen LogP contribution in [0.4, 0.5) is 17.7 Å². The molecule has 2 fully saturated rings. The van der Waals surface area contributed by atoms with Crippen molar-refractivity contribution in [3.8, 4) is 17.1 Å². The van der Waals surface area contributed by atoms with Crippen LogP contribution < -0.4 is 20.7 Å². The number of nitrogen functional groups attached to an aromatic ring is 1. The maximum Gasteiger partial charge on any atom is 0.229 e. The average molecular weight is 491 g/mol. The summed E-state index contributed by atoms with van der Waals surface area (Å²) in [6.07, 6.45) is 7.21. The fraction of sp³-hybridized carbons (Fsp3) is 0.636. The van der Waals surface area contributed by atoms with E-state index in [9.17, 15) is 4.21 Å². The lowest BCUT2D eigenvalue weighted by Gasteiger charge is -2.31. The number of nitrogens with zero attached hydrogens (tertiary/aromatic N) is 6. The number of unbranched alkanes of at least 4 members (excludes halogenated alkanes) is 1. The second kappa shape index (κ2) is 11.7. The van der Waals surface area contributed by atoms with E-state index in [2.05, 4.69) is 27.1 Å². The molecule has 2 aromatic heterocycles. The zero-order chi connectivity index (χ0) is 23.9. The number of anilines is 3. The second-order valence-corrected chi connectivity index (χ2v) is 9.82. The molecule has 2 atom stereocenters. The molecule has 0 radical (unpaired) electrons. The Hall–Kier alpha value is -2.57. The summed E-state index contributed by atoms with van der Waals surface area (Å²) >= 11 is 0. The van der Waals surface area contributed by atoms with Gasteiger partial charge in [-0.2, -0.15) is 9.97 Å². The van der Waals surface area contributed by atoms with Crippen LogP contribution in [0, 0.1) is 0 Å². The van der Waals surface area contributed by atoms with Crippen LogP contribution >= 0.6 is 0 Å². The molecular weight excluding hydrogens is 456 g/mol. The summed E-state index contributed by atoms with van der Waals surface area (Å²) < 4.78 is 25.6. The monoisotopic (exact) mass is 490 g/mol.